The number of fused-ring (bicyclic) bond motifs is 5. The molecule has 6 unspecified atom stereocenters. The molecule has 0 aromatic heterocycles. The summed E-state index contributed by atoms with van der Waals surface area (Å²) in [6.45, 7) is 7.32. The van der Waals surface area contributed by atoms with E-state index in [-0.39, 0.29) is 29.1 Å². The smallest absolute Gasteiger partial charge is 0.260 e. The minimum absolute atomic E-state index is 0.0610. The molecular formula is C30H42N2O4. The minimum Gasteiger partial charge on any atom is -0.508 e. The number of phenols is 1. The highest BCUT2D eigenvalue weighted by atomic mass is 16.6. The van der Waals surface area contributed by atoms with Crippen LogP contribution in [-0.4, -0.2) is 40.6 Å². The molecule has 0 spiro atoms. The van der Waals surface area contributed by atoms with E-state index in [4.69, 9.17) is 4.84 Å². The molecule has 3 fully saturated rings. The van der Waals surface area contributed by atoms with Crippen LogP contribution in [0.25, 0.3) is 0 Å². The van der Waals surface area contributed by atoms with Crippen molar-refractivity contribution in [3.8, 4) is 5.75 Å². The highest BCUT2D eigenvalue weighted by Gasteiger charge is 2.62. The summed E-state index contributed by atoms with van der Waals surface area (Å²) in [7, 11) is 0. The molecule has 1 aromatic rings. The number of oxime groups is 1. The number of hydrogen-bond acceptors (Lipinski definition) is 5. The third-order valence-corrected chi connectivity index (χ3v) is 10.6. The summed E-state index contributed by atoms with van der Waals surface area (Å²) in [5, 5.41) is 27.7. The molecule has 6 heteroatoms. The summed E-state index contributed by atoms with van der Waals surface area (Å²) in [5.41, 5.74) is 3.25. The zero-order valence-corrected chi connectivity index (χ0v) is 22.1. The molecule has 6 atom stereocenters. The molecular weight excluding hydrogens is 452 g/mol. The average Bonchev–Trinajstić information content (AvgIpc) is 3.09. The van der Waals surface area contributed by atoms with Crippen LogP contribution < -0.4 is 5.32 Å². The lowest BCUT2D eigenvalue weighted by atomic mass is 9.46. The summed E-state index contributed by atoms with van der Waals surface area (Å²) in [6.07, 6.45) is 11.7. The lowest BCUT2D eigenvalue weighted by Gasteiger charge is -2.59. The van der Waals surface area contributed by atoms with E-state index in [0.29, 0.717) is 30.7 Å². The van der Waals surface area contributed by atoms with Crippen LogP contribution in [0.15, 0.2) is 41.1 Å². The minimum atomic E-state index is -0.527. The van der Waals surface area contributed by atoms with Gasteiger partial charge in [0.25, 0.3) is 5.91 Å². The Bertz CT molecular complexity index is 1050. The van der Waals surface area contributed by atoms with E-state index in [1.807, 2.05) is 12.1 Å². The van der Waals surface area contributed by atoms with E-state index in [0.717, 1.165) is 49.8 Å². The van der Waals surface area contributed by atoms with Crippen molar-refractivity contribution in [3.63, 3.8) is 0 Å². The molecule has 1 aromatic carbocycles. The quantitative estimate of drug-likeness (QED) is 0.478. The fraction of sp³-hybridized carbons (Fsp3) is 0.667. The van der Waals surface area contributed by atoms with Crippen molar-refractivity contribution in [1.29, 1.82) is 0 Å². The van der Waals surface area contributed by atoms with Gasteiger partial charge < -0.3 is 20.4 Å². The van der Waals surface area contributed by atoms with Gasteiger partial charge in [-0.25, -0.2) is 0 Å². The number of carbonyl (C=O) groups is 1. The predicted molar refractivity (Wildman–Crippen MR) is 141 cm³/mol. The van der Waals surface area contributed by atoms with Gasteiger partial charge >= 0.3 is 0 Å². The topological polar surface area (TPSA) is 91.2 Å². The fourth-order valence-corrected chi connectivity index (χ4v) is 8.12. The lowest BCUT2D eigenvalue weighted by Crippen LogP contribution is -2.53. The molecule has 3 saturated carbocycles. The number of rotatable bonds is 6. The number of aliphatic hydroxyl groups is 1. The van der Waals surface area contributed by atoms with Gasteiger partial charge in [-0.3, -0.25) is 4.79 Å². The van der Waals surface area contributed by atoms with E-state index in [1.54, 1.807) is 12.1 Å². The van der Waals surface area contributed by atoms with E-state index < -0.39 is 5.60 Å². The zero-order valence-electron chi connectivity index (χ0n) is 22.1. The van der Waals surface area contributed by atoms with Crippen molar-refractivity contribution in [2.45, 2.75) is 84.2 Å². The number of aromatic hydroxyl groups is 1. The Balaban J connectivity index is 1.15. The van der Waals surface area contributed by atoms with Crippen LogP contribution in [0.4, 0.5) is 0 Å². The van der Waals surface area contributed by atoms with Gasteiger partial charge in [0.15, 0.2) is 6.61 Å². The van der Waals surface area contributed by atoms with Crippen molar-refractivity contribution in [2.75, 3.05) is 13.2 Å². The third kappa shape index (κ3) is 4.46. The first-order valence-electron chi connectivity index (χ1n) is 13.8. The molecule has 6 nitrogen and oxygen atoms in total. The molecule has 3 N–H and O–H groups in total. The van der Waals surface area contributed by atoms with Gasteiger partial charge in [0.05, 0.1) is 11.3 Å². The van der Waals surface area contributed by atoms with Crippen LogP contribution >= 0.6 is 0 Å². The summed E-state index contributed by atoms with van der Waals surface area (Å²) < 4.78 is 0. The van der Waals surface area contributed by atoms with Crippen LogP contribution in [0.3, 0.4) is 0 Å². The van der Waals surface area contributed by atoms with Crippen molar-refractivity contribution >= 4 is 11.6 Å². The van der Waals surface area contributed by atoms with Gasteiger partial charge in [-0.05, 0) is 117 Å². The Labute approximate surface area is 215 Å². The van der Waals surface area contributed by atoms with Gasteiger partial charge in [-0.1, -0.05) is 36.7 Å². The molecule has 0 saturated heterocycles. The highest BCUT2D eigenvalue weighted by Crippen LogP contribution is 2.67. The largest absolute Gasteiger partial charge is 0.508 e. The van der Waals surface area contributed by atoms with E-state index in [9.17, 15) is 15.0 Å². The number of amides is 1. The Hall–Kier alpha value is -2.34. The van der Waals surface area contributed by atoms with E-state index in [2.05, 4.69) is 37.3 Å². The molecule has 196 valence electrons. The summed E-state index contributed by atoms with van der Waals surface area (Å²) in [5.74, 6) is 2.09. The molecule has 0 bridgehead atoms. The second-order valence-corrected chi connectivity index (χ2v) is 12.4. The SMILES string of the molecule is CC12CCC(=NOCC(=O)NCCc3ccc(O)cc3)C=C1CCC1C2CCC2(C)C1CCC2(C)O. The van der Waals surface area contributed by atoms with Gasteiger partial charge in [-0.2, -0.15) is 0 Å². The summed E-state index contributed by atoms with van der Waals surface area (Å²) in [6, 6.07) is 7.00. The van der Waals surface area contributed by atoms with Gasteiger partial charge in [-0.15, -0.1) is 0 Å². The van der Waals surface area contributed by atoms with Gasteiger partial charge in [0.2, 0.25) is 0 Å². The molecule has 1 amide bonds. The predicted octanol–water partition coefficient (Wildman–Crippen LogP) is 5.14. The van der Waals surface area contributed by atoms with Crippen molar-refractivity contribution < 1.29 is 19.8 Å². The van der Waals surface area contributed by atoms with Crippen LogP contribution in [-0.2, 0) is 16.1 Å². The highest BCUT2D eigenvalue weighted by molar-refractivity contribution is 5.96. The van der Waals surface area contributed by atoms with Crippen molar-refractivity contribution in [3.05, 3.63) is 41.5 Å². The second kappa shape index (κ2) is 9.51. The van der Waals surface area contributed by atoms with E-state index in [1.165, 1.54) is 18.4 Å². The van der Waals surface area contributed by atoms with Crippen LogP contribution in [0.1, 0.15) is 77.7 Å². The molecule has 5 rings (SSSR count). The molecule has 0 aliphatic heterocycles. The molecule has 4 aliphatic carbocycles. The van der Waals surface area contributed by atoms with Gasteiger partial charge in [0, 0.05) is 6.54 Å². The van der Waals surface area contributed by atoms with Crippen LogP contribution in [0.5, 0.6) is 5.75 Å². The number of nitrogens with one attached hydrogen (secondary N) is 1. The van der Waals surface area contributed by atoms with Gasteiger partial charge in [0.1, 0.15) is 5.75 Å². The molecule has 0 radical (unpaired) electrons. The maximum Gasteiger partial charge on any atom is 0.260 e. The average molecular weight is 495 g/mol. The Morgan fingerprint density at radius 3 is 2.58 bits per heavy atom. The van der Waals surface area contributed by atoms with E-state index >= 15 is 0 Å². The van der Waals surface area contributed by atoms with Crippen molar-refractivity contribution in [1.82, 2.24) is 5.32 Å². The first-order valence-corrected chi connectivity index (χ1v) is 13.8. The molecule has 4 aliphatic rings. The van der Waals surface area contributed by atoms with Crippen LogP contribution in [0.2, 0.25) is 0 Å². The number of hydrogen-bond donors (Lipinski definition) is 3. The molecule has 0 heterocycles. The maximum absolute atomic E-state index is 12.1. The second-order valence-electron chi connectivity index (χ2n) is 12.4. The lowest BCUT2D eigenvalue weighted by molar-refractivity contribution is -0.125. The standard InChI is InChI=1S/C30H42N2O4/c1-28-14-10-22(32-36-19-27(34)31-17-13-20-4-7-23(33)8-5-20)18-21(28)6-9-24-25(28)11-15-29(2)26(24)12-16-30(29,3)35/h4-5,7-8,18,24-26,33,35H,6,9-17,19H2,1-3H3,(H,31,34). The maximum atomic E-state index is 12.1. The number of benzene rings is 1. The fourth-order valence-electron chi connectivity index (χ4n) is 8.12. The van der Waals surface area contributed by atoms with Crippen LogP contribution in [0, 0.1) is 28.6 Å². The summed E-state index contributed by atoms with van der Waals surface area (Å²) >= 11 is 0. The number of nitrogens with zero attached hydrogens (tertiary/aromatic N) is 1. The normalized spacial score (nSPS) is 38.5. The molecule has 36 heavy (non-hydrogen) atoms. The monoisotopic (exact) mass is 494 g/mol. The number of phenolic OH excluding ortho intramolecular Hbond substituents is 1. The zero-order chi connectivity index (χ0) is 25.6. The Kier molecular flexibility index (Phi) is 6.69. The third-order valence-electron chi connectivity index (χ3n) is 10.6. The number of allylic oxidation sites excluding steroid dienone is 2. The summed E-state index contributed by atoms with van der Waals surface area (Å²) in [4.78, 5) is 17.6. The Morgan fingerprint density at radius 2 is 1.81 bits per heavy atom. The van der Waals surface area contributed by atoms with Crippen molar-refractivity contribution in [2.24, 2.45) is 33.7 Å². The number of carbonyl (C=O) groups excluding carboxylic acids is 1. The first-order chi connectivity index (χ1) is 17.1. The first kappa shape index (κ1) is 25.3. The Morgan fingerprint density at radius 1 is 1.06 bits per heavy atom.